The summed E-state index contributed by atoms with van der Waals surface area (Å²) in [7, 11) is 0. The van der Waals surface area contributed by atoms with Crippen molar-refractivity contribution in [3.63, 3.8) is 0 Å². The second-order valence-electron chi connectivity index (χ2n) is 5.50. The van der Waals surface area contributed by atoms with Gasteiger partial charge in [0.15, 0.2) is 5.82 Å². The number of carbonyl (C=O) groups excluding carboxylic acids is 1. The molecule has 2 aromatic rings. The third-order valence-corrected chi connectivity index (χ3v) is 4.80. The Hall–Kier alpha value is -1.57. The monoisotopic (exact) mass is 369 g/mol. The molecule has 2 rings (SSSR count). The standard InChI is InChI=1S/C16H23N5OS.ClH/c1-4-23-14(10(2)3)16(22)18-12-7-5-11(6-8-12)15-19-13(9-17)20-21-15;/h5-8,10,14H,4,9,17H2,1-3H3,(H,18,22)(H,19,20,21);1H. The minimum absolute atomic E-state index is 0. The van der Waals surface area contributed by atoms with Crippen molar-refractivity contribution in [2.75, 3.05) is 11.1 Å². The fraction of sp³-hybridized carbons (Fsp3) is 0.438. The summed E-state index contributed by atoms with van der Waals surface area (Å²) >= 11 is 1.67. The van der Waals surface area contributed by atoms with E-state index in [4.69, 9.17) is 5.73 Å². The van der Waals surface area contributed by atoms with Crippen LogP contribution < -0.4 is 11.1 Å². The summed E-state index contributed by atoms with van der Waals surface area (Å²) in [6.45, 7) is 6.52. The molecule has 132 valence electrons. The van der Waals surface area contributed by atoms with E-state index in [-0.39, 0.29) is 23.6 Å². The first-order valence-corrected chi connectivity index (χ1v) is 8.74. The van der Waals surface area contributed by atoms with Crippen molar-refractivity contribution in [3.05, 3.63) is 30.1 Å². The lowest BCUT2D eigenvalue weighted by Gasteiger charge is -2.19. The molecule has 0 aliphatic rings. The minimum Gasteiger partial charge on any atom is -0.325 e. The fourth-order valence-corrected chi connectivity index (χ4v) is 3.14. The molecule has 0 spiro atoms. The quantitative estimate of drug-likeness (QED) is 0.696. The summed E-state index contributed by atoms with van der Waals surface area (Å²) in [4.78, 5) is 16.6. The van der Waals surface area contributed by atoms with Crippen molar-refractivity contribution < 1.29 is 4.79 Å². The predicted molar refractivity (Wildman–Crippen MR) is 102 cm³/mol. The van der Waals surface area contributed by atoms with Crippen molar-refractivity contribution >= 4 is 35.8 Å². The summed E-state index contributed by atoms with van der Waals surface area (Å²) in [5, 5.41) is 9.83. The van der Waals surface area contributed by atoms with Crippen LogP contribution in [0.1, 0.15) is 26.6 Å². The third kappa shape index (κ3) is 5.22. The van der Waals surface area contributed by atoms with E-state index in [1.165, 1.54) is 0 Å². The lowest BCUT2D eigenvalue weighted by molar-refractivity contribution is -0.116. The molecule has 1 aromatic heterocycles. The van der Waals surface area contributed by atoms with Crippen molar-refractivity contribution in [2.24, 2.45) is 11.7 Å². The van der Waals surface area contributed by atoms with E-state index in [1.807, 2.05) is 24.3 Å². The third-order valence-electron chi connectivity index (χ3n) is 3.35. The van der Waals surface area contributed by atoms with Gasteiger partial charge in [-0.05, 0) is 35.9 Å². The fourth-order valence-electron chi connectivity index (χ4n) is 2.18. The van der Waals surface area contributed by atoms with Gasteiger partial charge in [0, 0.05) is 11.3 Å². The lowest BCUT2D eigenvalue weighted by atomic mass is 10.1. The molecule has 1 aromatic carbocycles. The number of benzene rings is 1. The Balaban J connectivity index is 0.00000288. The van der Waals surface area contributed by atoms with Gasteiger partial charge in [0.1, 0.15) is 5.82 Å². The van der Waals surface area contributed by atoms with E-state index in [1.54, 1.807) is 11.8 Å². The number of hydrogen-bond acceptors (Lipinski definition) is 5. The van der Waals surface area contributed by atoms with Crippen LogP contribution in [0.3, 0.4) is 0 Å². The van der Waals surface area contributed by atoms with Gasteiger partial charge >= 0.3 is 0 Å². The predicted octanol–water partition coefficient (Wildman–Crippen LogP) is 3.07. The number of aromatic nitrogens is 3. The number of nitrogens with zero attached hydrogens (tertiary/aromatic N) is 2. The van der Waals surface area contributed by atoms with Gasteiger partial charge < -0.3 is 11.1 Å². The molecule has 0 fully saturated rings. The average Bonchev–Trinajstić information content (AvgIpc) is 3.02. The SMILES string of the molecule is CCSC(C(=O)Nc1ccc(-c2n[nH]c(CN)n2)cc1)C(C)C.Cl. The number of thioether (sulfide) groups is 1. The molecule has 24 heavy (non-hydrogen) atoms. The molecule has 1 amide bonds. The summed E-state index contributed by atoms with van der Waals surface area (Å²) in [6.07, 6.45) is 0. The number of nitrogens with two attached hydrogens (primary N) is 1. The largest absolute Gasteiger partial charge is 0.325 e. The van der Waals surface area contributed by atoms with E-state index in [0.717, 1.165) is 17.0 Å². The van der Waals surface area contributed by atoms with Crippen molar-refractivity contribution in [3.8, 4) is 11.4 Å². The van der Waals surface area contributed by atoms with Gasteiger partial charge in [0.2, 0.25) is 5.91 Å². The highest BCUT2D eigenvalue weighted by atomic mass is 35.5. The molecule has 1 unspecified atom stereocenters. The molecule has 0 saturated heterocycles. The van der Waals surface area contributed by atoms with Crippen LogP contribution in [0.15, 0.2) is 24.3 Å². The Labute approximate surface area is 152 Å². The second kappa shape index (κ2) is 9.66. The van der Waals surface area contributed by atoms with Gasteiger partial charge in [0.05, 0.1) is 11.8 Å². The van der Waals surface area contributed by atoms with Gasteiger partial charge in [0.25, 0.3) is 0 Å². The summed E-state index contributed by atoms with van der Waals surface area (Å²) in [5.74, 6) is 2.51. The molecule has 0 bridgehead atoms. The van der Waals surface area contributed by atoms with Gasteiger partial charge in [-0.1, -0.05) is 20.8 Å². The number of rotatable bonds is 7. The van der Waals surface area contributed by atoms with Crippen molar-refractivity contribution in [1.29, 1.82) is 0 Å². The number of aromatic amines is 1. The molecule has 0 radical (unpaired) electrons. The van der Waals surface area contributed by atoms with E-state index in [2.05, 4.69) is 41.3 Å². The molecule has 0 saturated carbocycles. The molecule has 4 N–H and O–H groups in total. The minimum atomic E-state index is -0.0419. The van der Waals surface area contributed by atoms with Crippen LogP contribution in [-0.2, 0) is 11.3 Å². The Kier molecular flexibility index (Phi) is 8.24. The number of halogens is 1. The van der Waals surface area contributed by atoms with E-state index < -0.39 is 0 Å². The van der Waals surface area contributed by atoms with Crippen LogP contribution in [0.2, 0.25) is 0 Å². The zero-order chi connectivity index (χ0) is 16.8. The molecular weight excluding hydrogens is 346 g/mol. The van der Waals surface area contributed by atoms with E-state index in [0.29, 0.717) is 24.1 Å². The van der Waals surface area contributed by atoms with Gasteiger partial charge in [-0.3, -0.25) is 9.89 Å². The van der Waals surface area contributed by atoms with E-state index in [9.17, 15) is 4.79 Å². The molecule has 0 aliphatic carbocycles. The second-order valence-corrected chi connectivity index (χ2v) is 6.91. The van der Waals surface area contributed by atoms with Gasteiger partial charge in [-0.25, -0.2) is 4.98 Å². The molecule has 6 nitrogen and oxygen atoms in total. The zero-order valence-corrected chi connectivity index (χ0v) is 15.7. The van der Waals surface area contributed by atoms with Crippen LogP contribution in [0.5, 0.6) is 0 Å². The number of nitrogens with one attached hydrogen (secondary N) is 2. The Morgan fingerprint density at radius 3 is 2.50 bits per heavy atom. The summed E-state index contributed by atoms with van der Waals surface area (Å²) in [6, 6.07) is 7.49. The Bertz CT molecular complexity index is 644. The van der Waals surface area contributed by atoms with Crippen LogP contribution in [0.25, 0.3) is 11.4 Å². The topological polar surface area (TPSA) is 96.7 Å². The van der Waals surface area contributed by atoms with Gasteiger partial charge in [-0.15, -0.1) is 24.2 Å². The smallest absolute Gasteiger partial charge is 0.237 e. The zero-order valence-electron chi connectivity index (χ0n) is 14.1. The summed E-state index contributed by atoms with van der Waals surface area (Å²) < 4.78 is 0. The number of amides is 1. The van der Waals surface area contributed by atoms with Crippen LogP contribution >= 0.6 is 24.2 Å². The van der Waals surface area contributed by atoms with E-state index >= 15 is 0 Å². The summed E-state index contributed by atoms with van der Waals surface area (Å²) in [5.41, 5.74) is 7.17. The maximum Gasteiger partial charge on any atom is 0.237 e. The highest BCUT2D eigenvalue weighted by Gasteiger charge is 2.22. The molecule has 1 atom stereocenters. The highest BCUT2D eigenvalue weighted by molar-refractivity contribution is 8.00. The number of hydrogen-bond donors (Lipinski definition) is 3. The van der Waals surface area contributed by atoms with Gasteiger partial charge in [-0.2, -0.15) is 5.10 Å². The first-order valence-electron chi connectivity index (χ1n) is 7.69. The average molecular weight is 370 g/mol. The Morgan fingerprint density at radius 1 is 1.33 bits per heavy atom. The van der Waals surface area contributed by atoms with Crippen LogP contribution in [0, 0.1) is 5.92 Å². The van der Waals surface area contributed by atoms with Crippen molar-refractivity contribution in [1.82, 2.24) is 15.2 Å². The van der Waals surface area contributed by atoms with Crippen molar-refractivity contribution in [2.45, 2.75) is 32.6 Å². The Morgan fingerprint density at radius 2 is 2.00 bits per heavy atom. The molecular formula is C16H24ClN5OS. The number of carbonyl (C=O) groups is 1. The highest BCUT2D eigenvalue weighted by Crippen LogP contribution is 2.22. The maximum absolute atomic E-state index is 12.4. The van der Waals surface area contributed by atoms with Crippen LogP contribution in [-0.4, -0.2) is 32.1 Å². The molecule has 1 heterocycles. The first-order chi connectivity index (χ1) is 11.0. The van der Waals surface area contributed by atoms with Crippen LogP contribution in [0.4, 0.5) is 5.69 Å². The number of H-pyrrole nitrogens is 1. The number of anilines is 1. The maximum atomic E-state index is 12.4. The molecule has 8 heteroatoms. The lowest BCUT2D eigenvalue weighted by Crippen LogP contribution is -2.29. The normalized spacial score (nSPS) is 11.9. The first kappa shape index (κ1) is 20.5. The molecule has 0 aliphatic heterocycles.